The van der Waals surface area contributed by atoms with Crippen LogP contribution in [0.5, 0.6) is 0 Å². The summed E-state index contributed by atoms with van der Waals surface area (Å²) in [6.07, 6.45) is -3.57. The first-order chi connectivity index (χ1) is 3.48. The number of alkyl halides is 3. The molecule has 0 atom stereocenters. The number of halogens is 4. The van der Waals surface area contributed by atoms with Crippen molar-refractivity contribution in [2.75, 3.05) is 0 Å². The topological polar surface area (TPSA) is 0 Å². The largest absolute Gasteiger partial charge is 0.422 e. The Morgan fingerprint density at radius 2 is 1.88 bits per heavy atom. The van der Waals surface area contributed by atoms with Crippen LogP contribution in [0.15, 0.2) is 10.6 Å². The molecule has 47 valence electrons. The first-order valence-electron chi connectivity index (χ1n) is 1.70. The van der Waals surface area contributed by atoms with Gasteiger partial charge >= 0.3 is 6.18 Å². The summed E-state index contributed by atoms with van der Waals surface area (Å²) in [7, 11) is 0. The van der Waals surface area contributed by atoms with E-state index >= 15 is 0 Å². The Labute approximate surface area is 53.5 Å². The predicted octanol–water partition coefficient (Wildman–Crippen LogP) is 2.66. The molecule has 0 unspecified atom stereocenters. The van der Waals surface area contributed by atoms with Gasteiger partial charge in [-0.1, -0.05) is 6.08 Å². The molecule has 0 spiro atoms. The van der Waals surface area contributed by atoms with Gasteiger partial charge in [-0.25, -0.2) is 0 Å². The van der Waals surface area contributed by atoms with Crippen LogP contribution >= 0.6 is 15.9 Å². The van der Waals surface area contributed by atoms with E-state index in [1.165, 1.54) is 0 Å². The van der Waals surface area contributed by atoms with Crippen LogP contribution in [0.3, 0.4) is 0 Å². The molecular weight excluding hydrogens is 185 g/mol. The fourth-order valence-electron chi connectivity index (χ4n) is 0.116. The summed E-state index contributed by atoms with van der Waals surface area (Å²) in [5.41, 5.74) is 0. The van der Waals surface area contributed by atoms with Gasteiger partial charge in [-0.05, 0) is 22.9 Å². The second kappa shape index (κ2) is 2.53. The molecule has 0 aromatic heterocycles. The molecule has 0 nitrogen and oxygen atoms in total. The van der Waals surface area contributed by atoms with E-state index < -0.39 is 10.7 Å². The Hall–Kier alpha value is 0.01000. The fraction of sp³-hybridized carbons (Fsp3) is 0.250. The van der Waals surface area contributed by atoms with Crippen molar-refractivity contribution in [2.45, 2.75) is 6.18 Å². The lowest BCUT2D eigenvalue weighted by Gasteiger charge is -2.01. The zero-order valence-corrected chi connectivity index (χ0v) is 5.38. The molecule has 0 N–H and O–H groups in total. The standard InChI is InChI=1S/C4H3BrF3/c1-2-3(5)4(6,7)8/h2H,1H2. The molecule has 0 aliphatic heterocycles. The highest BCUT2D eigenvalue weighted by atomic mass is 79.9. The van der Waals surface area contributed by atoms with Gasteiger partial charge in [0.1, 0.15) is 0 Å². The molecule has 0 aliphatic rings. The summed E-state index contributed by atoms with van der Waals surface area (Å²) >= 11 is 2.27. The molecule has 0 rings (SSSR count). The first-order valence-corrected chi connectivity index (χ1v) is 2.50. The maximum Gasteiger partial charge on any atom is 0.422 e. The summed E-state index contributed by atoms with van der Waals surface area (Å²) < 4.78 is 33.0. The molecule has 0 aromatic rings. The van der Waals surface area contributed by atoms with Crippen LogP contribution in [-0.4, -0.2) is 6.18 Å². The number of rotatable bonds is 0. The van der Waals surface area contributed by atoms with Crippen molar-refractivity contribution in [1.29, 1.82) is 0 Å². The smallest absolute Gasteiger partial charge is 0.166 e. The Morgan fingerprint density at radius 3 is 1.88 bits per heavy atom. The van der Waals surface area contributed by atoms with Crippen molar-refractivity contribution >= 4 is 15.9 Å². The third kappa shape index (κ3) is 2.35. The summed E-state index contributed by atoms with van der Waals surface area (Å²) in [6, 6.07) is 0. The van der Waals surface area contributed by atoms with Gasteiger partial charge in [-0.2, -0.15) is 13.2 Å². The molecule has 0 heterocycles. The highest BCUT2D eigenvalue weighted by Crippen LogP contribution is 2.29. The first kappa shape index (κ1) is 8.01. The second-order valence-corrected chi connectivity index (χ2v) is 1.90. The van der Waals surface area contributed by atoms with Crippen LogP contribution in [0.1, 0.15) is 0 Å². The van der Waals surface area contributed by atoms with Crippen LogP contribution in [0, 0.1) is 6.92 Å². The van der Waals surface area contributed by atoms with Crippen LogP contribution in [-0.2, 0) is 0 Å². The Bertz CT molecular complexity index is 102. The van der Waals surface area contributed by atoms with E-state index in [1.807, 2.05) is 0 Å². The lowest BCUT2D eigenvalue weighted by atomic mass is 10.5. The molecule has 8 heavy (non-hydrogen) atoms. The molecule has 0 amide bonds. The molecule has 1 radical (unpaired) electrons. The van der Waals surface area contributed by atoms with Crippen molar-refractivity contribution in [2.24, 2.45) is 0 Å². The van der Waals surface area contributed by atoms with Gasteiger partial charge in [0.15, 0.2) is 0 Å². The molecular formula is C4H3BrF3. The number of hydrogen-bond acceptors (Lipinski definition) is 0. The van der Waals surface area contributed by atoms with Crippen molar-refractivity contribution < 1.29 is 13.2 Å². The van der Waals surface area contributed by atoms with Crippen molar-refractivity contribution in [3.8, 4) is 0 Å². The minimum absolute atomic E-state index is 0.708. The summed E-state index contributed by atoms with van der Waals surface area (Å²) in [5.74, 6) is 0. The van der Waals surface area contributed by atoms with E-state index in [-0.39, 0.29) is 0 Å². The molecule has 0 aliphatic carbocycles. The van der Waals surface area contributed by atoms with Crippen molar-refractivity contribution in [3.63, 3.8) is 0 Å². The van der Waals surface area contributed by atoms with Crippen LogP contribution in [0.25, 0.3) is 0 Å². The maximum atomic E-state index is 11.3. The minimum atomic E-state index is -4.28. The average Bonchev–Trinajstić information content (AvgIpc) is 1.62. The highest BCUT2D eigenvalue weighted by Gasteiger charge is 2.30. The molecule has 0 aromatic carbocycles. The maximum absolute atomic E-state index is 11.3. The van der Waals surface area contributed by atoms with Gasteiger partial charge in [0.05, 0.1) is 4.48 Å². The van der Waals surface area contributed by atoms with Crippen molar-refractivity contribution in [1.82, 2.24) is 0 Å². The lowest BCUT2D eigenvalue weighted by Crippen LogP contribution is -2.05. The highest BCUT2D eigenvalue weighted by molar-refractivity contribution is 9.11. The van der Waals surface area contributed by atoms with E-state index in [1.54, 1.807) is 0 Å². The average molecular weight is 188 g/mol. The van der Waals surface area contributed by atoms with E-state index in [9.17, 15) is 13.2 Å². The van der Waals surface area contributed by atoms with Gasteiger partial charge < -0.3 is 0 Å². The number of allylic oxidation sites excluding steroid dienone is 2. The molecule has 0 bridgehead atoms. The van der Waals surface area contributed by atoms with E-state index in [0.717, 1.165) is 0 Å². The zero-order chi connectivity index (χ0) is 6.78. The SMILES string of the molecule is [CH2]C=C(Br)C(F)(F)F. The molecule has 0 saturated carbocycles. The van der Waals surface area contributed by atoms with Crippen LogP contribution < -0.4 is 0 Å². The van der Waals surface area contributed by atoms with Gasteiger partial charge in [0.25, 0.3) is 0 Å². The molecule has 4 heteroatoms. The third-order valence-electron chi connectivity index (χ3n) is 0.450. The van der Waals surface area contributed by atoms with E-state index in [4.69, 9.17) is 0 Å². The third-order valence-corrected chi connectivity index (χ3v) is 1.22. The van der Waals surface area contributed by atoms with Gasteiger partial charge in [0, 0.05) is 0 Å². The van der Waals surface area contributed by atoms with Crippen molar-refractivity contribution in [3.05, 3.63) is 17.5 Å². The normalized spacial score (nSPS) is 14.4. The summed E-state index contributed by atoms with van der Waals surface area (Å²) in [6.45, 7) is 2.92. The monoisotopic (exact) mass is 187 g/mol. The van der Waals surface area contributed by atoms with Crippen LogP contribution in [0.2, 0.25) is 0 Å². The Kier molecular flexibility index (Phi) is 2.53. The summed E-state index contributed by atoms with van der Waals surface area (Å²) in [5, 5.41) is 0. The molecule has 0 fully saturated rings. The number of hydrogen-bond donors (Lipinski definition) is 0. The van der Waals surface area contributed by atoms with Gasteiger partial charge in [-0.3, -0.25) is 0 Å². The van der Waals surface area contributed by atoms with E-state index in [2.05, 4.69) is 22.9 Å². The molecule has 0 saturated heterocycles. The lowest BCUT2D eigenvalue weighted by molar-refractivity contribution is -0.0828. The fourth-order valence-corrected chi connectivity index (χ4v) is 0.116. The Balaban J connectivity index is 4.03. The van der Waals surface area contributed by atoms with Gasteiger partial charge in [-0.15, -0.1) is 0 Å². The second-order valence-electron chi connectivity index (χ2n) is 1.05. The van der Waals surface area contributed by atoms with Gasteiger partial charge in [0.2, 0.25) is 0 Å². The van der Waals surface area contributed by atoms with Crippen LogP contribution in [0.4, 0.5) is 13.2 Å². The quantitative estimate of drug-likeness (QED) is 0.548. The predicted molar refractivity (Wildman–Crippen MR) is 28.4 cm³/mol. The Morgan fingerprint density at radius 1 is 1.50 bits per heavy atom. The summed E-state index contributed by atoms with van der Waals surface area (Å²) in [4.78, 5) is 0. The zero-order valence-electron chi connectivity index (χ0n) is 3.80. The minimum Gasteiger partial charge on any atom is -0.166 e. The van der Waals surface area contributed by atoms with E-state index in [0.29, 0.717) is 6.08 Å².